The standard InChI is InChI=1S/C14H21N5O/c1-4-19-13-7-5-6-12(11(13)8-15-19)16-9(2)14-17-10(3)18-20-14/h8-9,12,16H,4-7H2,1-3H3/t9-,12-/m0/s1. The molecule has 0 unspecified atom stereocenters. The molecule has 2 heterocycles. The van der Waals surface area contributed by atoms with Crippen LogP contribution in [-0.2, 0) is 13.0 Å². The van der Waals surface area contributed by atoms with Gasteiger partial charge >= 0.3 is 0 Å². The topological polar surface area (TPSA) is 68.8 Å². The second-order valence-corrected chi connectivity index (χ2v) is 5.38. The van der Waals surface area contributed by atoms with Gasteiger partial charge in [-0.1, -0.05) is 5.16 Å². The van der Waals surface area contributed by atoms with Gasteiger partial charge in [0.2, 0.25) is 5.89 Å². The Morgan fingerprint density at radius 2 is 2.40 bits per heavy atom. The van der Waals surface area contributed by atoms with Crippen LogP contribution in [0.5, 0.6) is 0 Å². The van der Waals surface area contributed by atoms with Gasteiger partial charge in [0.25, 0.3) is 0 Å². The minimum atomic E-state index is 0.0529. The van der Waals surface area contributed by atoms with Crippen molar-refractivity contribution < 1.29 is 4.52 Å². The van der Waals surface area contributed by atoms with E-state index in [-0.39, 0.29) is 6.04 Å². The van der Waals surface area contributed by atoms with Crippen LogP contribution in [0.4, 0.5) is 0 Å². The summed E-state index contributed by atoms with van der Waals surface area (Å²) in [7, 11) is 0. The average molecular weight is 275 g/mol. The van der Waals surface area contributed by atoms with Crippen LogP contribution in [0.25, 0.3) is 0 Å². The SMILES string of the molecule is CCn1ncc2c1CCC[C@@H]2N[C@@H](C)c1nc(C)no1. The number of hydrogen-bond acceptors (Lipinski definition) is 5. The van der Waals surface area contributed by atoms with Gasteiger partial charge in [-0.25, -0.2) is 0 Å². The molecule has 2 atom stereocenters. The normalized spacial score (nSPS) is 19.9. The molecule has 0 fully saturated rings. The van der Waals surface area contributed by atoms with Crippen molar-refractivity contribution in [1.82, 2.24) is 25.2 Å². The van der Waals surface area contributed by atoms with Crippen molar-refractivity contribution in [3.63, 3.8) is 0 Å². The molecule has 3 rings (SSSR count). The van der Waals surface area contributed by atoms with E-state index in [9.17, 15) is 0 Å². The molecule has 0 saturated heterocycles. The Kier molecular flexibility index (Phi) is 3.56. The molecule has 0 radical (unpaired) electrons. The van der Waals surface area contributed by atoms with Crippen LogP contribution in [0, 0.1) is 6.92 Å². The van der Waals surface area contributed by atoms with Gasteiger partial charge in [0.15, 0.2) is 5.82 Å². The number of fused-ring (bicyclic) bond motifs is 1. The van der Waals surface area contributed by atoms with Crippen LogP contribution in [0.1, 0.15) is 61.7 Å². The predicted octanol–water partition coefficient (Wildman–Crippen LogP) is 2.32. The number of hydrogen-bond donors (Lipinski definition) is 1. The molecule has 0 spiro atoms. The second kappa shape index (κ2) is 5.36. The lowest BCUT2D eigenvalue weighted by molar-refractivity contribution is 0.312. The van der Waals surface area contributed by atoms with Crippen LogP contribution >= 0.6 is 0 Å². The number of nitrogens with zero attached hydrogens (tertiary/aromatic N) is 4. The van der Waals surface area contributed by atoms with Gasteiger partial charge in [-0.05, 0) is 40.0 Å². The largest absolute Gasteiger partial charge is 0.338 e. The first-order valence-corrected chi connectivity index (χ1v) is 7.30. The first-order chi connectivity index (χ1) is 9.69. The monoisotopic (exact) mass is 275 g/mol. The summed E-state index contributed by atoms with van der Waals surface area (Å²) in [5.41, 5.74) is 2.69. The third-order valence-corrected chi connectivity index (χ3v) is 3.93. The van der Waals surface area contributed by atoms with E-state index < -0.39 is 0 Å². The zero-order chi connectivity index (χ0) is 14.1. The molecule has 0 aliphatic heterocycles. The number of rotatable bonds is 4. The molecule has 2 aromatic heterocycles. The van der Waals surface area contributed by atoms with Crippen LogP contribution in [0.15, 0.2) is 10.7 Å². The summed E-state index contributed by atoms with van der Waals surface area (Å²) in [6.07, 6.45) is 5.43. The molecular weight excluding hydrogens is 254 g/mol. The summed E-state index contributed by atoms with van der Waals surface area (Å²) in [6.45, 7) is 6.96. The molecule has 1 N–H and O–H groups in total. The highest BCUT2D eigenvalue weighted by molar-refractivity contribution is 5.25. The molecular formula is C14H21N5O. The molecule has 6 nitrogen and oxygen atoms in total. The van der Waals surface area contributed by atoms with Crippen molar-refractivity contribution >= 4 is 0 Å². The molecule has 0 aromatic carbocycles. The predicted molar refractivity (Wildman–Crippen MR) is 74.2 cm³/mol. The summed E-state index contributed by atoms with van der Waals surface area (Å²) < 4.78 is 7.34. The van der Waals surface area contributed by atoms with Gasteiger partial charge in [0, 0.05) is 23.8 Å². The first-order valence-electron chi connectivity index (χ1n) is 7.30. The van der Waals surface area contributed by atoms with E-state index in [0.29, 0.717) is 17.8 Å². The smallest absolute Gasteiger partial charge is 0.243 e. The molecule has 0 amide bonds. The molecule has 6 heteroatoms. The number of aryl methyl sites for hydroxylation is 2. The van der Waals surface area contributed by atoms with Crippen molar-refractivity contribution in [3.05, 3.63) is 29.2 Å². The van der Waals surface area contributed by atoms with E-state index in [1.807, 2.05) is 13.1 Å². The summed E-state index contributed by atoms with van der Waals surface area (Å²) >= 11 is 0. The van der Waals surface area contributed by atoms with Gasteiger partial charge in [-0.15, -0.1) is 0 Å². The lowest BCUT2D eigenvalue weighted by Crippen LogP contribution is -2.28. The summed E-state index contributed by atoms with van der Waals surface area (Å²) in [6, 6.07) is 0.374. The minimum absolute atomic E-state index is 0.0529. The van der Waals surface area contributed by atoms with E-state index in [1.54, 1.807) is 0 Å². The highest BCUT2D eigenvalue weighted by Gasteiger charge is 2.26. The lowest BCUT2D eigenvalue weighted by atomic mass is 9.92. The lowest BCUT2D eigenvalue weighted by Gasteiger charge is -2.26. The zero-order valence-electron chi connectivity index (χ0n) is 12.3. The van der Waals surface area contributed by atoms with Crippen LogP contribution in [0.2, 0.25) is 0 Å². The fraction of sp³-hybridized carbons (Fsp3) is 0.643. The highest BCUT2D eigenvalue weighted by atomic mass is 16.5. The molecule has 0 saturated carbocycles. The Balaban J connectivity index is 1.77. The second-order valence-electron chi connectivity index (χ2n) is 5.38. The third kappa shape index (κ3) is 2.35. The van der Waals surface area contributed by atoms with Crippen molar-refractivity contribution in [2.45, 2.75) is 58.7 Å². The van der Waals surface area contributed by atoms with Gasteiger partial charge < -0.3 is 4.52 Å². The third-order valence-electron chi connectivity index (χ3n) is 3.93. The van der Waals surface area contributed by atoms with Crippen molar-refractivity contribution in [2.24, 2.45) is 0 Å². The summed E-state index contributed by atoms with van der Waals surface area (Å²) in [5, 5.41) is 11.9. The van der Waals surface area contributed by atoms with Gasteiger partial charge in [-0.2, -0.15) is 10.1 Å². The van der Waals surface area contributed by atoms with Crippen LogP contribution in [0.3, 0.4) is 0 Å². The Morgan fingerprint density at radius 1 is 1.55 bits per heavy atom. The molecule has 108 valence electrons. The molecule has 20 heavy (non-hydrogen) atoms. The van der Waals surface area contributed by atoms with E-state index >= 15 is 0 Å². The van der Waals surface area contributed by atoms with E-state index in [0.717, 1.165) is 19.4 Å². The quantitative estimate of drug-likeness (QED) is 0.927. The minimum Gasteiger partial charge on any atom is -0.338 e. The average Bonchev–Trinajstić information content (AvgIpc) is 3.05. The van der Waals surface area contributed by atoms with Crippen molar-refractivity contribution in [1.29, 1.82) is 0 Å². The molecule has 1 aliphatic rings. The summed E-state index contributed by atoms with van der Waals surface area (Å²) in [5.74, 6) is 1.33. The first kappa shape index (κ1) is 13.3. The highest BCUT2D eigenvalue weighted by Crippen LogP contribution is 2.31. The molecule has 0 bridgehead atoms. The number of aromatic nitrogens is 4. The van der Waals surface area contributed by atoms with Crippen LogP contribution < -0.4 is 5.32 Å². The Labute approximate surface area is 118 Å². The van der Waals surface area contributed by atoms with E-state index in [1.165, 1.54) is 17.7 Å². The zero-order valence-corrected chi connectivity index (χ0v) is 12.3. The molecule has 2 aromatic rings. The maximum atomic E-state index is 5.24. The van der Waals surface area contributed by atoms with Crippen LogP contribution in [-0.4, -0.2) is 19.9 Å². The van der Waals surface area contributed by atoms with E-state index in [2.05, 4.69) is 39.1 Å². The maximum absolute atomic E-state index is 5.24. The summed E-state index contributed by atoms with van der Waals surface area (Å²) in [4.78, 5) is 4.29. The Morgan fingerprint density at radius 3 is 3.10 bits per heavy atom. The fourth-order valence-electron chi connectivity index (χ4n) is 2.93. The van der Waals surface area contributed by atoms with Crippen molar-refractivity contribution in [2.75, 3.05) is 0 Å². The molecule has 1 aliphatic carbocycles. The van der Waals surface area contributed by atoms with E-state index in [4.69, 9.17) is 4.52 Å². The number of nitrogens with one attached hydrogen (secondary N) is 1. The van der Waals surface area contributed by atoms with Crippen molar-refractivity contribution in [3.8, 4) is 0 Å². The Hall–Kier alpha value is -1.69. The van der Waals surface area contributed by atoms with Gasteiger partial charge in [0.1, 0.15) is 0 Å². The maximum Gasteiger partial charge on any atom is 0.243 e. The fourth-order valence-corrected chi connectivity index (χ4v) is 2.93. The van der Waals surface area contributed by atoms with Gasteiger partial charge in [-0.3, -0.25) is 10.00 Å². The Bertz CT molecular complexity index is 588. The van der Waals surface area contributed by atoms with Gasteiger partial charge in [0.05, 0.1) is 12.2 Å².